The number of ether oxygens (including phenoxy) is 2. The summed E-state index contributed by atoms with van der Waals surface area (Å²) in [6, 6.07) is 8.16. The third-order valence-electron chi connectivity index (χ3n) is 11.3. The fraction of sp³-hybridized carbons (Fsp3) is 0.595. The van der Waals surface area contributed by atoms with E-state index in [1.54, 1.807) is 12.0 Å². The molecule has 0 bridgehead atoms. The standard InChI is InChI=1S/C37H47N5O7/c1-48-31-17-23(27-14-9-10-15-29(27)38-31)19-41-20-24-21-42-32(28(24)22-41)33(43)40-37(35(45)46)18-25(37)11-5-3-2-4-6-16-30(34(42)44)39-36(47)49-26-12-7-8-13-26/h5,9-11,14-15,17,24-26,28,30,32H,2-4,6-8,12-13,16,18-22H2,1H3,(H,39,47)(H,40,43)(H,45,46)/b11-5-/t24-,25-,28-,30+,32-,37+/m0/s1. The molecule has 3 N–H and O–H groups in total. The number of nitrogens with one attached hydrogen (secondary N) is 2. The van der Waals surface area contributed by atoms with Crippen LogP contribution in [0, 0.1) is 17.8 Å². The molecule has 3 amide bonds. The molecule has 7 rings (SSSR count). The molecule has 1 aromatic heterocycles. The number of aromatic nitrogens is 1. The van der Waals surface area contributed by atoms with Gasteiger partial charge in [0.2, 0.25) is 17.7 Å². The van der Waals surface area contributed by atoms with Gasteiger partial charge in [-0.1, -0.05) is 43.2 Å². The molecule has 0 unspecified atom stereocenters. The number of carbonyl (C=O) groups is 4. The molecule has 4 fully saturated rings. The van der Waals surface area contributed by atoms with Gasteiger partial charge in [-0.3, -0.25) is 14.5 Å². The zero-order chi connectivity index (χ0) is 34.1. The van der Waals surface area contributed by atoms with Crippen LogP contribution in [0.1, 0.15) is 69.8 Å². The number of likely N-dealkylation sites (tertiary alicyclic amines) is 1. The average Bonchev–Trinajstić information content (AvgIpc) is 3.39. The molecule has 262 valence electrons. The Bertz CT molecular complexity index is 1630. The second-order valence-electron chi connectivity index (χ2n) is 14.5. The lowest BCUT2D eigenvalue weighted by atomic mass is 9.93. The largest absolute Gasteiger partial charge is 0.481 e. The molecule has 49 heavy (non-hydrogen) atoms. The fourth-order valence-corrected chi connectivity index (χ4v) is 8.62. The molecule has 12 heteroatoms. The highest BCUT2D eigenvalue weighted by atomic mass is 16.6. The van der Waals surface area contributed by atoms with Crippen molar-refractivity contribution in [1.82, 2.24) is 25.4 Å². The SMILES string of the molecule is COc1cc(CN2C[C@H]3CN4C(=O)[C@H](NC(=O)OC5CCCC5)CCCCC/C=C\[C@H]5C[C@@]5(C(=O)O)NC(=O)[C@@H]4[C@H]3C2)c2ccccc2n1. The molecule has 1 aromatic carbocycles. The number of benzene rings is 1. The number of hydrogen-bond donors (Lipinski definition) is 3. The highest BCUT2D eigenvalue weighted by Crippen LogP contribution is 2.46. The van der Waals surface area contributed by atoms with Gasteiger partial charge in [-0.25, -0.2) is 14.6 Å². The van der Waals surface area contributed by atoms with E-state index in [1.807, 2.05) is 42.5 Å². The van der Waals surface area contributed by atoms with Crippen LogP contribution in [-0.2, 0) is 25.7 Å². The van der Waals surface area contributed by atoms with Crippen molar-refractivity contribution in [1.29, 1.82) is 0 Å². The van der Waals surface area contributed by atoms with Gasteiger partial charge in [0.15, 0.2) is 0 Å². The minimum atomic E-state index is -1.38. The van der Waals surface area contributed by atoms with E-state index in [0.717, 1.165) is 67.8 Å². The zero-order valence-corrected chi connectivity index (χ0v) is 28.1. The normalized spacial score (nSPS) is 31.5. The van der Waals surface area contributed by atoms with Crippen LogP contribution in [-0.4, -0.2) is 94.2 Å². The quantitative estimate of drug-likeness (QED) is 0.387. The molecular formula is C37H47N5O7. The third-order valence-corrected chi connectivity index (χ3v) is 11.3. The Balaban J connectivity index is 1.15. The first-order valence-corrected chi connectivity index (χ1v) is 17.9. The predicted molar refractivity (Wildman–Crippen MR) is 181 cm³/mol. The van der Waals surface area contributed by atoms with Crippen LogP contribution in [0.5, 0.6) is 5.88 Å². The maximum atomic E-state index is 14.4. The van der Waals surface area contributed by atoms with Gasteiger partial charge in [0.1, 0.15) is 23.7 Å². The van der Waals surface area contributed by atoms with Crippen molar-refractivity contribution in [2.75, 3.05) is 26.7 Å². The number of para-hydroxylation sites is 1. The molecule has 4 heterocycles. The van der Waals surface area contributed by atoms with E-state index in [1.165, 1.54) is 0 Å². The van der Waals surface area contributed by atoms with Gasteiger partial charge in [-0.05, 0) is 68.9 Å². The highest BCUT2D eigenvalue weighted by molar-refractivity contribution is 5.96. The van der Waals surface area contributed by atoms with Crippen molar-refractivity contribution in [2.24, 2.45) is 17.8 Å². The van der Waals surface area contributed by atoms with Crippen molar-refractivity contribution in [3.05, 3.63) is 48.0 Å². The van der Waals surface area contributed by atoms with Crippen LogP contribution in [0.3, 0.4) is 0 Å². The van der Waals surface area contributed by atoms with Crippen molar-refractivity contribution in [3.63, 3.8) is 0 Å². The van der Waals surface area contributed by atoms with E-state index in [2.05, 4.69) is 20.5 Å². The minimum Gasteiger partial charge on any atom is -0.481 e. The molecule has 2 saturated heterocycles. The first-order chi connectivity index (χ1) is 23.8. The van der Waals surface area contributed by atoms with Crippen LogP contribution in [0.15, 0.2) is 42.5 Å². The topological polar surface area (TPSA) is 150 Å². The maximum absolute atomic E-state index is 14.4. The second-order valence-corrected chi connectivity index (χ2v) is 14.5. The average molecular weight is 674 g/mol. The van der Waals surface area contributed by atoms with Crippen molar-refractivity contribution in [2.45, 2.75) is 94.5 Å². The molecule has 0 radical (unpaired) electrons. The van der Waals surface area contributed by atoms with Gasteiger partial charge in [-0.2, -0.15) is 0 Å². The smallest absolute Gasteiger partial charge is 0.408 e. The summed E-state index contributed by atoms with van der Waals surface area (Å²) in [6.07, 6.45) is 10.9. The van der Waals surface area contributed by atoms with Crippen LogP contribution in [0.25, 0.3) is 10.9 Å². The Kier molecular flexibility index (Phi) is 9.50. The van der Waals surface area contributed by atoms with Crippen molar-refractivity contribution < 1.29 is 33.8 Å². The molecule has 3 aliphatic heterocycles. The number of methoxy groups -OCH3 is 1. The Morgan fingerprint density at radius 1 is 1.06 bits per heavy atom. The number of nitrogens with zero attached hydrogens (tertiary/aromatic N) is 3. The van der Waals surface area contributed by atoms with E-state index >= 15 is 0 Å². The second kappa shape index (κ2) is 14.0. The number of hydrogen-bond acceptors (Lipinski definition) is 8. The molecule has 5 aliphatic rings. The van der Waals surface area contributed by atoms with E-state index in [4.69, 9.17) is 9.47 Å². The number of fused-ring (bicyclic) bond motifs is 5. The Labute approximate surface area is 286 Å². The number of rotatable bonds is 6. The first kappa shape index (κ1) is 33.3. The number of carbonyl (C=O) groups excluding carboxylic acids is 3. The van der Waals surface area contributed by atoms with Crippen LogP contribution in [0.2, 0.25) is 0 Å². The molecule has 0 spiro atoms. The van der Waals surface area contributed by atoms with Crippen LogP contribution >= 0.6 is 0 Å². The van der Waals surface area contributed by atoms with Gasteiger partial charge in [0.05, 0.1) is 12.6 Å². The number of carboxylic acid groups (broad SMARTS) is 1. The van der Waals surface area contributed by atoms with E-state index in [9.17, 15) is 24.3 Å². The molecule has 12 nitrogen and oxygen atoms in total. The van der Waals surface area contributed by atoms with Crippen molar-refractivity contribution >= 4 is 34.8 Å². The highest BCUT2D eigenvalue weighted by Gasteiger charge is 2.62. The summed E-state index contributed by atoms with van der Waals surface area (Å²) in [7, 11) is 1.60. The third kappa shape index (κ3) is 6.84. The summed E-state index contributed by atoms with van der Waals surface area (Å²) in [4.78, 5) is 62.8. The summed E-state index contributed by atoms with van der Waals surface area (Å²) >= 11 is 0. The lowest BCUT2D eigenvalue weighted by Crippen LogP contribution is -2.58. The van der Waals surface area contributed by atoms with E-state index in [0.29, 0.717) is 44.9 Å². The summed E-state index contributed by atoms with van der Waals surface area (Å²) in [5.41, 5.74) is 0.518. The van der Waals surface area contributed by atoms with Gasteiger partial charge < -0.3 is 30.1 Å². The number of carboxylic acids is 1. The summed E-state index contributed by atoms with van der Waals surface area (Å²) in [5.74, 6) is -1.79. The molecule has 2 aromatic rings. The lowest BCUT2D eigenvalue weighted by molar-refractivity contribution is -0.146. The summed E-state index contributed by atoms with van der Waals surface area (Å²) < 4.78 is 11.2. The van der Waals surface area contributed by atoms with Crippen LogP contribution in [0.4, 0.5) is 4.79 Å². The minimum absolute atomic E-state index is 0.00431. The predicted octanol–water partition coefficient (Wildman–Crippen LogP) is 4.02. The Morgan fingerprint density at radius 3 is 2.65 bits per heavy atom. The molecular weight excluding hydrogens is 626 g/mol. The molecule has 6 atom stereocenters. The number of amides is 3. The first-order valence-electron chi connectivity index (χ1n) is 17.9. The monoisotopic (exact) mass is 673 g/mol. The number of alkyl carbamates (subject to hydrolysis) is 1. The van der Waals surface area contributed by atoms with E-state index in [-0.39, 0.29) is 29.8 Å². The van der Waals surface area contributed by atoms with Gasteiger partial charge in [-0.15, -0.1) is 0 Å². The van der Waals surface area contributed by atoms with Gasteiger partial charge in [0.25, 0.3) is 0 Å². The Hall–Kier alpha value is -4.19. The van der Waals surface area contributed by atoms with Crippen LogP contribution < -0.4 is 15.4 Å². The van der Waals surface area contributed by atoms with E-state index < -0.39 is 35.6 Å². The number of pyridine rings is 1. The molecule has 2 saturated carbocycles. The lowest BCUT2D eigenvalue weighted by Gasteiger charge is -2.32. The Morgan fingerprint density at radius 2 is 1.86 bits per heavy atom. The zero-order valence-electron chi connectivity index (χ0n) is 28.1. The number of aliphatic carboxylic acids is 1. The van der Waals surface area contributed by atoms with Crippen molar-refractivity contribution in [3.8, 4) is 5.88 Å². The van der Waals surface area contributed by atoms with Gasteiger partial charge in [0, 0.05) is 49.5 Å². The summed E-state index contributed by atoms with van der Waals surface area (Å²) in [6.45, 7) is 2.17. The summed E-state index contributed by atoms with van der Waals surface area (Å²) in [5, 5.41) is 17.1. The fourth-order valence-electron chi connectivity index (χ4n) is 8.62. The molecule has 2 aliphatic carbocycles. The number of allylic oxidation sites excluding steroid dienone is 1. The van der Waals surface area contributed by atoms with Gasteiger partial charge >= 0.3 is 12.1 Å². The maximum Gasteiger partial charge on any atom is 0.408 e.